The third kappa shape index (κ3) is 8.69. The predicted molar refractivity (Wildman–Crippen MR) is 256 cm³/mol. The molecule has 4 fully saturated rings. The third-order valence-corrected chi connectivity index (χ3v) is 15.2. The number of fused-ring (bicyclic) bond motifs is 6. The van der Waals surface area contributed by atoms with Crippen molar-refractivity contribution in [1.82, 2.24) is 24.8 Å². The molecule has 378 valence electrons. The van der Waals surface area contributed by atoms with Crippen molar-refractivity contribution in [2.75, 3.05) is 50.3 Å². The SMILES string of the molecule is COc1ccc(CN(Cc2ccc(OC)cc2)c2cc(Cl)c(C(F)(F)F)c(-c3nc4c5c(nc(OCC67CCCN6CCC7)nc5c3F)N3C[C@@]5(F)CC[C@@](F)([C@@H]3[C@@H](C)C4)N5C(=O)OC(C)(C)C)c2)cc1. The summed E-state index contributed by atoms with van der Waals surface area (Å²) in [6.45, 7) is 8.16. The predicted octanol–water partition coefficient (Wildman–Crippen LogP) is 11.5. The van der Waals surface area contributed by atoms with E-state index in [-0.39, 0.29) is 66.7 Å². The summed E-state index contributed by atoms with van der Waals surface area (Å²) in [5.74, 6) is -6.18. The molecule has 1 amide bonds. The number of rotatable bonds is 11. The van der Waals surface area contributed by atoms with Crippen LogP contribution in [-0.2, 0) is 30.4 Å². The summed E-state index contributed by atoms with van der Waals surface area (Å²) in [7, 11) is 3.08. The van der Waals surface area contributed by atoms with Crippen molar-refractivity contribution in [2.45, 2.75) is 121 Å². The maximum absolute atomic E-state index is 18.2. The number of hydrogen-bond acceptors (Lipinski definition) is 11. The van der Waals surface area contributed by atoms with Gasteiger partial charge in [-0.2, -0.15) is 23.1 Å². The molecule has 5 aliphatic rings. The van der Waals surface area contributed by atoms with Crippen LogP contribution in [-0.4, -0.2) is 100 Å². The van der Waals surface area contributed by atoms with Crippen LogP contribution in [0, 0.1) is 11.7 Å². The Morgan fingerprint density at radius 2 is 1.49 bits per heavy atom. The van der Waals surface area contributed by atoms with Gasteiger partial charge in [0, 0.05) is 37.2 Å². The van der Waals surface area contributed by atoms with Crippen molar-refractivity contribution in [1.29, 1.82) is 0 Å². The first-order chi connectivity index (χ1) is 33.6. The fourth-order valence-electron chi connectivity index (χ4n) is 11.8. The van der Waals surface area contributed by atoms with E-state index < -0.39 is 87.6 Å². The highest BCUT2D eigenvalue weighted by Crippen LogP contribution is 2.56. The molecule has 5 aromatic rings. The Balaban J connectivity index is 1.15. The summed E-state index contributed by atoms with van der Waals surface area (Å²) in [5.41, 5.74) is -2.70. The zero-order valence-electron chi connectivity index (χ0n) is 40.4. The number of piperazine rings is 1. The molecule has 0 saturated carbocycles. The molecule has 7 heterocycles. The van der Waals surface area contributed by atoms with E-state index >= 15 is 26.3 Å². The van der Waals surface area contributed by atoms with Gasteiger partial charge in [-0.05, 0) is 119 Å². The van der Waals surface area contributed by atoms with Crippen LogP contribution in [0.1, 0.15) is 88.6 Å². The van der Waals surface area contributed by atoms with Crippen molar-refractivity contribution in [3.63, 3.8) is 0 Å². The van der Waals surface area contributed by atoms with E-state index in [9.17, 15) is 4.79 Å². The Bertz CT molecular complexity index is 2810. The van der Waals surface area contributed by atoms with Crippen molar-refractivity contribution in [3.8, 4) is 28.8 Å². The molecule has 3 aromatic carbocycles. The average Bonchev–Trinajstić information content (AvgIpc) is 3.93. The molecule has 12 nitrogen and oxygen atoms in total. The Morgan fingerprint density at radius 3 is 2.07 bits per heavy atom. The highest BCUT2D eigenvalue weighted by molar-refractivity contribution is 6.32. The Hall–Kier alpha value is -5.75. The maximum Gasteiger partial charge on any atom is 0.418 e. The number of halogens is 7. The third-order valence-electron chi connectivity index (χ3n) is 14.9. The number of anilines is 2. The van der Waals surface area contributed by atoms with Gasteiger partial charge in [-0.1, -0.05) is 42.8 Å². The molecule has 0 unspecified atom stereocenters. The number of hydrogen-bond donors (Lipinski definition) is 0. The largest absolute Gasteiger partial charge is 0.497 e. The van der Waals surface area contributed by atoms with Crippen molar-refractivity contribution >= 4 is 40.1 Å². The van der Waals surface area contributed by atoms with Gasteiger partial charge in [0.2, 0.25) is 11.6 Å². The molecule has 4 atom stereocenters. The summed E-state index contributed by atoms with van der Waals surface area (Å²) in [5, 5.41) is -0.726. The summed E-state index contributed by atoms with van der Waals surface area (Å²) in [6.07, 6.45) is -3.61. The lowest BCUT2D eigenvalue weighted by molar-refractivity contribution is -0.139. The van der Waals surface area contributed by atoms with Gasteiger partial charge >= 0.3 is 18.3 Å². The van der Waals surface area contributed by atoms with Gasteiger partial charge in [-0.25, -0.2) is 27.8 Å². The minimum absolute atomic E-state index is 0.0248. The van der Waals surface area contributed by atoms with Gasteiger partial charge in [0.25, 0.3) is 0 Å². The van der Waals surface area contributed by atoms with Crippen LogP contribution in [0.25, 0.3) is 22.2 Å². The van der Waals surface area contributed by atoms with Gasteiger partial charge in [0.1, 0.15) is 40.7 Å². The van der Waals surface area contributed by atoms with E-state index in [2.05, 4.69) is 9.88 Å². The first-order valence-corrected chi connectivity index (χ1v) is 24.4. The minimum atomic E-state index is -5.11. The zero-order chi connectivity index (χ0) is 50.4. The highest BCUT2D eigenvalue weighted by Gasteiger charge is 2.70. The first-order valence-electron chi connectivity index (χ1n) is 24.0. The number of aromatic nitrogens is 3. The van der Waals surface area contributed by atoms with Crippen LogP contribution >= 0.6 is 11.6 Å². The van der Waals surface area contributed by atoms with E-state index in [1.165, 1.54) is 31.3 Å². The summed E-state index contributed by atoms with van der Waals surface area (Å²) in [6, 6.07) is 15.2. The van der Waals surface area contributed by atoms with Gasteiger partial charge in [-0.15, -0.1) is 0 Å². The molecule has 0 spiro atoms. The summed E-state index contributed by atoms with van der Waals surface area (Å²) >= 11 is 6.72. The van der Waals surface area contributed by atoms with Crippen LogP contribution in [0.2, 0.25) is 5.02 Å². The number of ether oxygens (including phenoxy) is 4. The minimum Gasteiger partial charge on any atom is -0.497 e. The molecule has 0 N–H and O–H groups in total. The second kappa shape index (κ2) is 17.8. The molecule has 4 saturated heterocycles. The highest BCUT2D eigenvalue weighted by atomic mass is 35.5. The van der Waals surface area contributed by atoms with Crippen molar-refractivity contribution in [2.24, 2.45) is 5.92 Å². The van der Waals surface area contributed by atoms with E-state index in [4.69, 9.17) is 40.5 Å². The molecule has 0 aliphatic carbocycles. The number of amides is 1. The summed E-state index contributed by atoms with van der Waals surface area (Å²) in [4.78, 5) is 34.1. The van der Waals surface area contributed by atoms with E-state index in [1.807, 2.05) is 29.2 Å². The van der Waals surface area contributed by atoms with Crippen LogP contribution in [0.4, 0.5) is 42.6 Å². The second-order valence-corrected chi connectivity index (χ2v) is 21.1. The van der Waals surface area contributed by atoms with Gasteiger partial charge in [0.05, 0.1) is 54.0 Å². The van der Waals surface area contributed by atoms with Crippen LogP contribution < -0.4 is 24.0 Å². The number of benzene rings is 3. The van der Waals surface area contributed by atoms with Crippen LogP contribution in [0.15, 0.2) is 60.7 Å². The molecular formula is C52H56ClF6N7O5. The lowest BCUT2D eigenvalue weighted by atomic mass is 9.86. The van der Waals surface area contributed by atoms with E-state index in [0.717, 1.165) is 49.9 Å². The second-order valence-electron chi connectivity index (χ2n) is 20.7. The van der Waals surface area contributed by atoms with Gasteiger partial charge < -0.3 is 28.7 Å². The Morgan fingerprint density at radius 1 is 0.873 bits per heavy atom. The maximum atomic E-state index is 18.2. The molecule has 71 heavy (non-hydrogen) atoms. The van der Waals surface area contributed by atoms with Crippen LogP contribution in [0.3, 0.4) is 0 Å². The Labute approximate surface area is 413 Å². The molecular weight excluding hydrogens is 952 g/mol. The monoisotopic (exact) mass is 1010 g/mol. The fraction of sp³-hybridized carbons (Fsp3) is 0.500. The fourth-order valence-corrected chi connectivity index (χ4v) is 12.1. The van der Waals surface area contributed by atoms with E-state index in [0.29, 0.717) is 16.4 Å². The molecule has 5 aliphatic heterocycles. The number of alkyl halides is 5. The number of pyridine rings is 1. The normalized spacial score (nSPS) is 23.6. The zero-order valence-corrected chi connectivity index (χ0v) is 41.2. The van der Waals surface area contributed by atoms with Crippen molar-refractivity contribution in [3.05, 3.63) is 93.9 Å². The molecule has 2 aromatic heterocycles. The lowest BCUT2D eigenvalue weighted by Gasteiger charge is -2.53. The lowest BCUT2D eigenvalue weighted by Crippen LogP contribution is -2.72. The first kappa shape index (κ1) is 48.9. The number of nitrogens with zero attached hydrogens (tertiary/aromatic N) is 7. The molecule has 19 heteroatoms. The molecule has 2 bridgehead atoms. The average molecular weight is 1010 g/mol. The van der Waals surface area contributed by atoms with Gasteiger partial charge in [-0.3, -0.25) is 4.90 Å². The van der Waals surface area contributed by atoms with Gasteiger partial charge in [0.15, 0.2) is 5.82 Å². The number of carbonyl (C=O) groups excluding carboxylic acids is 1. The van der Waals surface area contributed by atoms with Crippen molar-refractivity contribution < 1.29 is 50.1 Å². The van der Waals surface area contributed by atoms with E-state index in [1.54, 1.807) is 52.0 Å². The molecule has 0 radical (unpaired) electrons. The molecule has 10 rings (SSSR count). The number of methoxy groups -OCH3 is 2. The standard InChI is InChI=1S/C52H56ClF6N7O5/c1-30-23-38-39-43(61-46(70-29-49-17-7-21-64(49)22-8-18-49)62-45(39)65-28-50(55)19-20-51(56,44(30)65)66(50)47(67)71-48(2,3)4)41(54)42(60-38)36-24-33(25-37(53)40(36)52(57,58)59)63(26-31-9-13-34(68-5)14-10-31)27-32-11-15-35(69-6)16-12-32/h9-16,24-25,30,44H,7-8,17-23,26-29H2,1-6H3/t30-,44-,50+,51-/m0/s1. The quantitative estimate of drug-likeness (QED) is 0.0933. The smallest absolute Gasteiger partial charge is 0.418 e. The van der Waals surface area contributed by atoms with Crippen LogP contribution in [0.5, 0.6) is 17.5 Å². The Kier molecular flexibility index (Phi) is 12.2. The topological polar surface area (TPSA) is 106 Å². The number of carbonyl (C=O) groups is 1. The summed E-state index contributed by atoms with van der Waals surface area (Å²) < 4.78 is 123.